The molecule has 0 bridgehead atoms. The smallest absolute Gasteiger partial charge is 0.394 e. The molecule has 2 heterocycles. The first kappa shape index (κ1) is 19.1. The second kappa shape index (κ2) is 7.16. The predicted octanol–water partition coefficient (Wildman–Crippen LogP) is -2.26. The molecule has 0 amide bonds. The van der Waals surface area contributed by atoms with Gasteiger partial charge in [-0.2, -0.15) is 4.98 Å². The van der Waals surface area contributed by atoms with Crippen molar-refractivity contribution >= 4 is 22.2 Å². The average molecular weight is 377 g/mol. The minimum atomic E-state index is -1.62. The maximum Gasteiger partial charge on any atom is 0.413 e. The number of fused-ring (bicyclic) bond motifs is 2. The van der Waals surface area contributed by atoms with E-state index in [2.05, 4.69) is 15.0 Å². The van der Waals surface area contributed by atoms with E-state index in [0.717, 1.165) is 11.1 Å². The highest BCUT2D eigenvalue weighted by atomic mass is 16.4. The molecule has 3 rings (SSSR count). The van der Waals surface area contributed by atoms with Gasteiger partial charge in [-0.3, -0.25) is 9.78 Å². The van der Waals surface area contributed by atoms with E-state index in [9.17, 15) is 24.9 Å². The number of benzene rings is 1. The molecule has 0 fully saturated rings. The summed E-state index contributed by atoms with van der Waals surface area (Å²) in [6.45, 7) is 2.79. The van der Waals surface area contributed by atoms with Gasteiger partial charge in [0.2, 0.25) is 5.52 Å². The van der Waals surface area contributed by atoms with Crippen LogP contribution in [0.1, 0.15) is 11.1 Å². The summed E-state index contributed by atoms with van der Waals surface area (Å²) in [5.41, 5.74) is 1.47. The van der Waals surface area contributed by atoms with Gasteiger partial charge in [0.1, 0.15) is 30.4 Å². The molecule has 0 aliphatic heterocycles. The van der Waals surface area contributed by atoms with Gasteiger partial charge in [-0.1, -0.05) is 0 Å². The Balaban J connectivity index is 2.30. The van der Waals surface area contributed by atoms with Crippen molar-refractivity contribution in [3.05, 3.63) is 44.1 Å². The van der Waals surface area contributed by atoms with Crippen LogP contribution in [0.5, 0.6) is 0 Å². The number of aliphatic hydroxyl groups is 4. The fourth-order valence-corrected chi connectivity index (χ4v) is 2.95. The molecule has 3 aromatic rings. The SMILES string of the molecule is Cc1cc2nc3c(=O)[nH]c(=O)[nH]c3[n+](CC(O)C(O)C(O)CO)c2cc1C. The second-order valence-corrected chi connectivity index (χ2v) is 6.56. The van der Waals surface area contributed by atoms with Crippen LogP contribution >= 0.6 is 0 Å². The third-order valence-corrected chi connectivity index (χ3v) is 4.63. The molecular weight excluding hydrogens is 356 g/mol. The van der Waals surface area contributed by atoms with Crippen molar-refractivity contribution in [1.82, 2.24) is 15.0 Å². The van der Waals surface area contributed by atoms with E-state index in [1.165, 1.54) is 4.57 Å². The fraction of sp³-hybridized carbons (Fsp3) is 0.412. The van der Waals surface area contributed by atoms with Crippen LogP contribution in [0.3, 0.4) is 0 Å². The highest BCUT2D eigenvalue weighted by molar-refractivity contribution is 5.80. The van der Waals surface area contributed by atoms with Crippen molar-refractivity contribution in [2.75, 3.05) is 6.61 Å². The Kier molecular flexibility index (Phi) is 5.07. The number of nitrogens with zero attached hydrogens (tertiary/aromatic N) is 2. The lowest BCUT2D eigenvalue weighted by Gasteiger charge is -2.21. The van der Waals surface area contributed by atoms with Crippen LogP contribution in [0.4, 0.5) is 0 Å². The summed E-state index contributed by atoms with van der Waals surface area (Å²) in [6.07, 6.45) is -4.64. The molecule has 27 heavy (non-hydrogen) atoms. The van der Waals surface area contributed by atoms with Crippen molar-refractivity contribution in [2.45, 2.75) is 38.7 Å². The number of hydrogen-bond acceptors (Lipinski definition) is 7. The Hall–Kier alpha value is -2.66. The van der Waals surface area contributed by atoms with Crippen LogP contribution in [0.2, 0.25) is 0 Å². The number of nitrogens with one attached hydrogen (secondary N) is 2. The Bertz CT molecular complexity index is 1120. The third-order valence-electron chi connectivity index (χ3n) is 4.63. The lowest BCUT2D eigenvalue weighted by atomic mass is 10.1. The van der Waals surface area contributed by atoms with Crippen LogP contribution in [0.15, 0.2) is 21.7 Å². The number of aromatic nitrogens is 4. The maximum absolute atomic E-state index is 12.2. The van der Waals surface area contributed by atoms with Crippen LogP contribution in [-0.4, -0.2) is 60.3 Å². The zero-order chi connectivity index (χ0) is 19.9. The maximum atomic E-state index is 12.2. The summed E-state index contributed by atoms with van der Waals surface area (Å²) in [5.74, 6) is 0. The van der Waals surface area contributed by atoms with E-state index in [1.807, 2.05) is 13.8 Å². The number of rotatable bonds is 5. The number of aliphatic hydroxyl groups excluding tert-OH is 4. The Morgan fingerprint density at radius 1 is 1.07 bits per heavy atom. The minimum absolute atomic E-state index is 0.0326. The van der Waals surface area contributed by atoms with Gasteiger partial charge in [-0.05, 0) is 37.1 Å². The largest absolute Gasteiger partial charge is 0.413 e. The van der Waals surface area contributed by atoms with E-state index >= 15 is 0 Å². The van der Waals surface area contributed by atoms with Crippen LogP contribution in [0.25, 0.3) is 22.2 Å². The Labute approximate surface area is 152 Å². The summed E-state index contributed by atoms with van der Waals surface area (Å²) in [4.78, 5) is 32.9. The van der Waals surface area contributed by atoms with Crippen LogP contribution in [-0.2, 0) is 6.54 Å². The Morgan fingerprint density at radius 3 is 2.41 bits per heavy atom. The third kappa shape index (κ3) is 3.47. The molecule has 2 aromatic heterocycles. The van der Waals surface area contributed by atoms with Gasteiger partial charge in [-0.15, -0.1) is 0 Å². The molecule has 3 unspecified atom stereocenters. The molecular formula is C17H21N4O6+. The standard InChI is InChI=1S/C17H20N4O6/c1-7-3-9-10(4-8(7)2)21(5-11(23)14(25)12(24)6-22)15-13(18-9)16(26)20-17(27)19-15/h3-4,11-12,14,22-25H,5-6H2,1-2H3,(H,20,26,27)/p+1. The molecule has 0 radical (unpaired) electrons. The molecule has 3 atom stereocenters. The normalized spacial score (nSPS) is 15.2. The lowest BCUT2D eigenvalue weighted by Crippen LogP contribution is -2.51. The van der Waals surface area contributed by atoms with Gasteiger partial charge >= 0.3 is 11.3 Å². The van der Waals surface area contributed by atoms with E-state index in [1.54, 1.807) is 12.1 Å². The molecule has 10 heteroatoms. The molecule has 0 aliphatic rings. The summed E-state index contributed by atoms with van der Waals surface area (Å²) in [7, 11) is 0. The monoisotopic (exact) mass is 377 g/mol. The zero-order valence-corrected chi connectivity index (χ0v) is 14.8. The second-order valence-electron chi connectivity index (χ2n) is 6.56. The highest BCUT2D eigenvalue weighted by Gasteiger charge is 2.29. The highest BCUT2D eigenvalue weighted by Crippen LogP contribution is 2.17. The quantitative estimate of drug-likeness (QED) is 0.216. The van der Waals surface area contributed by atoms with Gasteiger partial charge in [-0.25, -0.2) is 14.3 Å². The van der Waals surface area contributed by atoms with Crippen LogP contribution in [0, 0.1) is 13.8 Å². The topological polar surface area (TPSA) is 163 Å². The number of hydrogen-bond donors (Lipinski definition) is 6. The van der Waals surface area contributed by atoms with E-state index in [4.69, 9.17) is 5.11 Å². The summed E-state index contributed by atoms with van der Waals surface area (Å²) < 4.78 is 1.46. The van der Waals surface area contributed by atoms with Crippen LogP contribution < -0.4 is 15.8 Å². The van der Waals surface area contributed by atoms with Gasteiger partial charge in [0, 0.05) is 0 Å². The zero-order valence-electron chi connectivity index (χ0n) is 14.8. The number of H-pyrrole nitrogens is 2. The van der Waals surface area contributed by atoms with Crippen molar-refractivity contribution in [2.24, 2.45) is 0 Å². The first-order valence-corrected chi connectivity index (χ1v) is 8.35. The average Bonchev–Trinajstić information content (AvgIpc) is 2.62. The number of aryl methyl sites for hydroxylation is 2. The van der Waals surface area contributed by atoms with Gasteiger partial charge < -0.3 is 20.4 Å². The van der Waals surface area contributed by atoms with Crippen molar-refractivity contribution in [3.63, 3.8) is 0 Å². The van der Waals surface area contributed by atoms with Gasteiger partial charge in [0.15, 0.2) is 5.52 Å². The molecule has 0 saturated carbocycles. The predicted molar refractivity (Wildman–Crippen MR) is 95.3 cm³/mol. The first-order valence-electron chi connectivity index (χ1n) is 8.35. The summed E-state index contributed by atoms with van der Waals surface area (Å²) in [6, 6.07) is 3.56. The summed E-state index contributed by atoms with van der Waals surface area (Å²) >= 11 is 0. The summed E-state index contributed by atoms with van der Waals surface area (Å²) in [5, 5.41) is 38.8. The molecule has 0 spiro atoms. The Morgan fingerprint density at radius 2 is 1.74 bits per heavy atom. The van der Waals surface area contributed by atoms with E-state index in [-0.39, 0.29) is 17.7 Å². The lowest BCUT2D eigenvalue weighted by molar-refractivity contribution is -0.657. The minimum Gasteiger partial charge on any atom is -0.394 e. The molecule has 6 N–H and O–H groups in total. The first-order chi connectivity index (χ1) is 12.7. The van der Waals surface area contributed by atoms with E-state index in [0.29, 0.717) is 11.0 Å². The molecule has 144 valence electrons. The van der Waals surface area contributed by atoms with E-state index < -0.39 is 36.2 Å². The van der Waals surface area contributed by atoms with Crippen molar-refractivity contribution < 1.29 is 25.0 Å². The molecule has 0 aliphatic carbocycles. The van der Waals surface area contributed by atoms with Gasteiger partial charge in [0.25, 0.3) is 5.56 Å². The fourth-order valence-electron chi connectivity index (χ4n) is 2.95. The van der Waals surface area contributed by atoms with Crippen molar-refractivity contribution in [1.29, 1.82) is 0 Å². The number of aromatic amines is 2. The van der Waals surface area contributed by atoms with Crippen molar-refractivity contribution in [3.8, 4) is 0 Å². The van der Waals surface area contributed by atoms with Gasteiger partial charge in [0.05, 0.1) is 6.61 Å². The molecule has 10 nitrogen and oxygen atoms in total. The molecule has 1 aromatic carbocycles. The molecule has 0 saturated heterocycles.